The standard InChI is InChI=1S/C20H31N5/c1-15(2)25(16(3)4)13-12-23-20(21-5)24-14-17-10-11-22-19-9-7-6-8-18(17)19/h6-11,15-16H,12-14H2,1-5H3,(H2,21,23,24). The maximum Gasteiger partial charge on any atom is 0.191 e. The number of rotatable bonds is 7. The number of para-hydroxylation sites is 1. The highest BCUT2D eigenvalue weighted by molar-refractivity contribution is 5.83. The average molecular weight is 342 g/mol. The fraction of sp³-hybridized carbons (Fsp3) is 0.500. The van der Waals surface area contributed by atoms with Crippen molar-refractivity contribution in [3.63, 3.8) is 0 Å². The Bertz CT molecular complexity index is 680. The predicted octanol–water partition coefficient (Wildman–Crippen LogP) is 3.02. The molecule has 0 atom stereocenters. The fourth-order valence-corrected chi connectivity index (χ4v) is 3.12. The van der Waals surface area contributed by atoms with Crippen LogP contribution in [0.3, 0.4) is 0 Å². The minimum Gasteiger partial charge on any atom is -0.355 e. The first kappa shape index (κ1) is 19.2. The summed E-state index contributed by atoms with van der Waals surface area (Å²) in [6.45, 7) is 11.5. The summed E-state index contributed by atoms with van der Waals surface area (Å²) >= 11 is 0. The number of aliphatic imine (C=N–C) groups is 1. The molecule has 0 unspecified atom stereocenters. The molecular formula is C20H31N5. The number of hydrogen-bond donors (Lipinski definition) is 2. The van der Waals surface area contributed by atoms with Crippen molar-refractivity contribution in [2.75, 3.05) is 20.1 Å². The van der Waals surface area contributed by atoms with Crippen LogP contribution < -0.4 is 10.6 Å². The maximum atomic E-state index is 4.41. The van der Waals surface area contributed by atoms with E-state index in [0.717, 1.165) is 31.1 Å². The maximum absolute atomic E-state index is 4.41. The Labute approximate surface area is 151 Å². The summed E-state index contributed by atoms with van der Waals surface area (Å²) in [6, 6.07) is 11.4. The molecule has 0 spiro atoms. The lowest BCUT2D eigenvalue weighted by atomic mass is 10.1. The molecule has 0 saturated heterocycles. The molecule has 25 heavy (non-hydrogen) atoms. The van der Waals surface area contributed by atoms with Gasteiger partial charge in [-0.15, -0.1) is 0 Å². The van der Waals surface area contributed by atoms with Crippen LogP contribution >= 0.6 is 0 Å². The van der Waals surface area contributed by atoms with Crippen LogP contribution in [0, 0.1) is 0 Å². The lowest BCUT2D eigenvalue weighted by Crippen LogP contribution is -2.45. The molecule has 0 radical (unpaired) electrons. The van der Waals surface area contributed by atoms with Crippen molar-refractivity contribution in [3.8, 4) is 0 Å². The van der Waals surface area contributed by atoms with Crippen molar-refractivity contribution >= 4 is 16.9 Å². The summed E-state index contributed by atoms with van der Waals surface area (Å²) < 4.78 is 0. The number of benzene rings is 1. The SMILES string of the molecule is CN=C(NCCN(C(C)C)C(C)C)NCc1ccnc2ccccc12. The van der Waals surface area contributed by atoms with E-state index in [2.05, 4.69) is 65.3 Å². The zero-order chi connectivity index (χ0) is 18.2. The minimum absolute atomic E-state index is 0.542. The molecule has 0 aliphatic carbocycles. The summed E-state index contributed by atoms with van der Waals surface area (Å²) in [5.74, 6) is 0.827. The van der Waals surface area contributed by atoms with Crippen LogP contribution in [-0.4, -0.2) is 48.1 Å². The highest BCUT2D eigenvalue weighted by Crippen LogP contribution is 2.15. The molecule has 1 aromatic heterocycles. The number of hydrogen-bond acceptors (Lipinski definition) is 3. The Hall–Kier alpha value is -2.14. The third kappa shape index (κ3) is 5.43. The average Bonchev–Trinajstić information content (AvgIpc) is 2.60. The van der Waals surface area contributed by atoms with Gasteiger partial charge in [0, 0.05) is 50.3 Å². The van der Waals surface area contributed by atoms with Gasteiger partial charge in [0.05, 0.1) is 5.52 Å². The quantitative estimate of drug-likeness (QED) is 0.600. The van der Waals surface area contributed by atoms with Crippen molar-refractivity contribution in [2.45, 2.75) is 46.3 Å². The monoisotopic (exact) mass is 341 g/mol. The Morgan fingerprint density at radius 3 is 2.48 bits per heavy atom. The summed E-state index contributed by atoms with van der Waals surface area (Å²) in [4.78, 5) is 11.2. The van der Waals surface area contributed by atoms with Gasteiger partial charge in [-0.3, -0.25) is 14.9 Å². The van der Waals surface area contributed by atoms with E-state index >= 15 is 0 Å². The van der Waals surface area contributed by atoms with Crippen molar-refractivity contribution in [3.05, 3.63) is 42.1 Å². The van der Waals surface area contributed by atoms with Crippen LogP contribution in [-0.2, 0) is 6.54 Å². The molecule has 0 aliphatic rings. The smallest absolute Gasteiger partial charge is 0.191 e. The highest BCUT2D eigenvalue weighted by atomic mass is 15.2. The van der Waals surface area contributed by atoms with Crippen LogP contribution in [0.2, 0.25) is 0 Å². The lowest BCUT2D eigenvalue weighted by Gasteiger charge is -2.30. The number of nitrogens with zero attached hydrogens (tertiary/aromatic N) is 3. The largest absolute Gasteiger partial charge is 0.355 e. The third-order valence-electron chi connectivity index (χ3n) is 4.40. The molecule has 5 nitrogen and oxygen atoms in total. The normalized spacial score (nSPS) is 12.4. The van der Waals surface area contributed by atoms with E-state index in [1.165, 1.54) is 10.9 Å². The molecule has 0 aliphatic heterocycles. The molecule has 5 heteroatoms. The van der Waals surface area contributed by atoms with Crippen LogP contribution in [0.25, 0.3) is 10.9 Å². The first-order valence-corrected chi connectivity index (χ1v) is 9.05. The van der Waals surface area contributed by atoms with Crippen molar-refractivity contribution < 1.29 is 0 Å². The Morgan fingerprint density at radius 2 is 1.80 bits per heavy atom. The Balaban J connectivity index is 1.90. The second kappa shape index (κ2) is 9.37. The lowest BCUT2D eigenvalue weighted by molar-refractivity contribution is 0.178. The molecular weight excluding hydrogens is 310 g/mol. The van der Waals surface area contributed by atoms with Gasteiger partial charge in [0.25, 0.3) is 0 Å². The summed E-state index contributed by atoms with van der Waals surface area (Å²) in [7, 11) is 1.81. The molecule has 136 valence electrons. The molecule has 2 N–H and O–H groups in total. The second-order valence-electron chi connectivity index (χ2n) is 6.77. The summed E-state index contributed by atoms with van der Waals surface area (Å²) in [6.07, 6.45) is 1.86. The first-order chi connectivity index (χ1) is 12.0. The zero-order valence-corrected chi connectivity index (χ0v) is 16.1. The van der Waals surface area contributed by atoms with E-state index in [0.29, 0.717) is 12.1 Å². The van der Waals surface area contributed by atoms with Crippen molar-refractivity contribution in [1.82, 2.24) is 20.5 Å². The Kier molecular flexibility index (Phi) is 7.19. The van der Waals surface area contributed by atoms with Crippen LogP contribution in [0.4, 0.5) is 0 Å². The van der Waals surface area contributed by atoms with E-state index in [9.17, 15) is 0 Å². The predicted molar refractivity (Wildman–Crippen MR) is 107 cm³/mol. The number of nitrogens with one attached hydrogen (secondary N) is 2. The summed E-state index contributed by atoms with van der Waals surface area (Å²) in [5.41, 5.74) is 2.24. The second-order valence-corrected chi connectivity index (χ2v) is 6.77. The molecule has 1 heterocycles. The van der Waals surface area contributed by atoms with E-state index in [4.69, 9.17) is 0 Å². The third-order valence-corrected chi connectivity index (χ3v) is 4.40. The molecule has 1 aromatic carbocycles. The molecule has 2 rings (SSSR count). The van der Waals surface area contributed by atoms with Crippen molar-refractivity contribution in [2.24, 2.45) is 4.99 Å². The number of aromatic nitrogens is 1. The molecule has 2 aromatic rings. The summed E-state index contributed by atoms with van der Waals surface area (Å²) in [5, 5.41) is 7.99. The molecule has 0 amide bonds. The van der Waals surface area contributed by atoms with Gasteiger partial charge in [0.1, 0.15) is 0 Å². The molecule has 0 fully saturated rings. The van der Waals surface area contributed by atoms with Gasteiger partial charge < -0.3 is 10.6 Å². The topological polar surface area (TPSA) is 52.6 Å². The van der Waals surface area contributed by atoms with Gasteiger partial charge in [-0.25, -0.2) is 0 Å². The van der Waals surface area contributed by atoms with Gasteiger partial charge in [-0.05, 0) is 45.4 Å². The van der Waals surface area contributed by atoms with Gasteiger partial charge in [-0.2, -0.15) is 0 Å². The van der Waals surface area contributed by atoms with E-state index in [-0.39, 0.29) is 0 Å². The Morgan fingerprint density at radius 1 is 1.08 bits per heavy atom. The number of fused-ring (bicyclic) bond motifs is 1. The van der Waals surface area contributed by atoms with Crippen LogP contribution in [0.15, 0.2) is 41.5 Å². The van der Waals surface area contributed by atoms with Gasteiger partial charge in [0.15, 0.2) is 5.96 Å². The number of guanidine groups is 1. The zero-order valence-electron chi connectivity index (χ0n) is 16.1. The highest BCUT2D eigenvalue weighted by Gasteiger charge is 2.12. The van der Waals surface area contributed by atoms with E-state index in [1.54, 1.807) is 0 Å². The van der Waals surface area contributed by atoms with E-state index < -0.39 is 0 Å². The fourth-order valence-electron chi connectivity index (χ4n) is 3.12. The number of pyridine rings is 1. The van der Waals surface area contributed by atoms with Crippen LogP contribution in [0.5, 0.6) is 0 Å². The van der Waals surface area contributed by atoms with Gasteiger partial charge >= 0.3 is 0 Å². The van der Waals surface area contributed by atoms with Gasteiger partial charge in [0.2, 0.25) is 0 Å². The van der Waals surface area contributed by atoms with E-state index in [1.807, 2.05) is 31.4 Å². The molecule has 0 saturated carbocycles. The molecule has 0 bridgehead atoms. The van der Waals surface area contributed by atoms with Crippen molar-refractivity contribution in [1.29, 1.82) is 0 Å². The minimum atomic E-state index is 0.542. The van der Waals surface area contributed by atoms with Crippen LogP contribution in [0.1, 0.15) is 33.3 Å². The first-order valence-electron chi connectivity index (χ1n) is 9.05. The van der Waals surface area contributed by atoms with Gasteiger partial charge in [-0.1, -0.05) is 18.2 Å².